The summed E-state index contributed by atoms with van der Waals surface area (Å²) in [5.41, 5.74) is 3.43. The highest BCUT2D eigenvalue weighted by molar-refractivity contribution is 9.09. The van der Waals surface area contributed by atoms with Crippen LogP contribution in [-0.4, -0.2) is 76.4 Å². The van der Waals surface area contributed by atoms with Gasteiger partial charge in [0.2, 0.25) is 5.88 Å². The van der Waals surface area contributed by atoms with E-state index in [1.165, 1.54) is 29.1 Å². The number of halogens is 2. The van der Waals surface area contributed by atoms with Gasteiger partial charge in [0.25, 0.3) is 11.8 Å². The number of fused-ring (bicyclic) bond motifs is 4. The highest BCUT2D eigenvalue weighted by Gasteiger charge is 2.44. The molecule has 1 N–H and O–H groups in total. The Labute approximate surface area is 331 Å². The third-order valence-corrected chi connectivity index (χ3v) is 14.1. The van der Waals surface area contributed by atoms with Crippen LogP contribution in [0.4, 0.5) is 5.69 Å². The zero-order valence-electron chi connectivity index (χ0n) is 31.1. The number of nitrogens with one attached hydrogen (secondary N) is 1. The van der Waals surface area contributed by atoms with Crippen LogP contribution in [0, 0.1) is 17.8 Å². The van der Waals surface area contributed by atoms with Gasteiger partial charge in [0.15, 0.2) is 0 Å². The average molecular weight is 843 g/mol. The van der Waals surface area contributed by atoms with Gasteiger partial charge >= 0.3 is 0 Å². The van der Waals surface area contributed by atoms with Crippen LogP contribution < -0.4 is 19.1 Å². The van der Waals surface area contributed by atoms with Crippen molar-refractivity contribution in [2.45, 2.75) is 63.4 Å². The van der Waals surface area contributed by atoms with Gasteiger partial charge in [-0.25, -0.2) is 4.21 Å². The number of nitrogens with zero attached hydrogens (tertiary/aromatic N) is 4. The quantitative estimate of drug-likeness (QED) is 0.149. The molecule has 3 aromatic rings. The lowest BCUT2D eigenvalue weighted by Gasteiger charge is -2.46. The molecule has 290 valence electrons. The van der Waals surface area contributed by atoms with Gasteiger partial charge in [-0.2, -0.15) is 0 Å². The van der Waals surface area contributed by atoms with E-state index in [1.807, 2.05) is 25.1 Å². The normalized spacial score (nSPS) is 28.8. The summed E-state index contributed by atoms with van der Waals surface area (Å²) in [4.78, 5) is 30.1. The monoisotopic (exact) mass is 841 g/mol. The topological polar surface area (TPSA) is 124 Å². The molecule has 14 heteroatoms. The van der Waals surface area contributed by atoms with E-state index in [4.69, 9.17) is 25.8 Å². The van der Waals surface area contributed by atoms with E-state index >= 15 is 0 Å². The molecule has 4 aliphatic rings. The van der Waals surface area contributed by atoms with E-state index in [0.717, 1.165) is 61.1 Å². The summed E-state index contributed by atoms with van der Waals surface area (Å²) in [6.07, 6.45) is 12.2. The van der Waals surface area contributed by atoms with E-state index < -0.39 is 21.7 Å². The molecule has 54 heavy (non-hydrogen) atoms. The highest BCUT2D eigenvalue weighted by Crippen LogP contribution is 2.47. The second-order valence-electron chi connectivity index (χ2n) is 15.3. The molecule has 3 heterocycles. The van der Waals surface area contributed by atoms with E-state index in [1.54, 1.807) is 13.1 Å². The number of methoxy groups -OCH3 is 1. The van der Waals surface area contributed by atoms with Crippen LogP contribution in [-0.2, 0) is 33.5 Å². The van der Waals surface area contributed by atoms with Crippen LogP contribution in [0.25, 0.3) is 0 Å². The molecule has 6 atom stereocenters. The number of anilines is 1. The number of aromatic nitrogens is 2. The van der Waals surface area contributed by atoms with Crippen molar-refractivity contribution < 1.29 is 28.0 Å². The fourth-order valence-electron chi connectivity index (χ4n) is 8.54. The fraction of sp³-hybridized carbons (Fsp3) is 0.525. The fourth-order valence-corrected chi connectivity index (χ4v) is 10.8. The minimum Gasteiger partial charge on any atom is -0.490 e. The largest absolute Gasteiger partial charge is 0.490 e. The van der Waals surface area contributed by atoms with Crippen molar-refractivity contribution in [2.24, 2.45) is 29.2 Å². The molecular formula is C40H49BrClN5O6S. The number of ether oxygens (including phenoxy) is 3. The number of rotatable bonds is 7. The first kappa shape index (κ1) is 38.9. The predicted octanol–water partition coefficient (Wildman–Crippen LogP) is 7.30. The molecule has 1 unspecified atom stereocenters. The van der Waals surface area contributed by atoms with Crippen LogP contribution in [0.2, 0.25) is 5.02 Å². The summed E-state index contributed by atoms with van der Waals surface area (Å²) >= 11 is 10.0. The van der Waals surface area contributed by atoms with Gasteiger partial charge < -0.3 is 19.1 Å². The molecule has 7 rings (SSSR count). The molecule has 1 fully saturated rings. The molecule has 2 amide bonds. The van der Waals surface area contributed by atoms with Crippen LogP contribution >= 0.6 is 27.5 Å². The van der Waals surface area contributed by atoms with E-state index in [-0.39, 0.29) is 40.2 Å². The molecule has 2 bridgehead atoms. The molecule has 1 saturated carbocycles. The predicted molar refractivity (Wildman–Crippen MR) is 214 cm³/mol. The molecule has 2 aromatic carbocycles. The van der Waals surface area contributed by atoms with Gasteiger partial charge in [-0.05, 0) is 104 Å². The third kappa shape index (κ3) is 8.24. The third-order valence-electron chi connectivity index (χ3n) is 11.3. The van der Waals surface area contributed by atoms with Crippen molar-refractivity contribution in [2.75, 3.05) is 49.4 Å². The number of allylic oxidation sites excluding steroid dienone is 1. The Morgan fingerprint density at radius 3 is 2.85 bits per heavy atom. The maximum Gasteiger partial charge on any atom is 0.286 e. The number of carbonyl (C=O) groups excluding carboxylic acids is 2. The number of amides is 2. The number of carbonyl (C=O) groups is 2. The molecule has 0 saturated heterocycles. The number of hydrogen-bond acceptors (Lipinski definition) is 8. The lowest BCUT2D eigenvalue weighted by molar-refractivity contribution is -0.0134. The smallest absolute Gasteiger partial charge is 0.286 e. The Morgan fingerprint density at radius 2 is 2.07 bits per heavy atom. The first-order chi connectivity index (χ1) is 26.0. The second kappa shape index (κ2) is 16.4. The molecule has 1 aromatic heterocycles. The Bertz CT molecular complexity index is 2050. The molecule has 0 radical (unpaired) electrons. The minimum atomic E-state index is -3.61. The summed E-state index contributed by atoms with van der Waals surface area (Å²) in [6.45, 7) is 4.55. The summed E-state index contributed by atoms with van der Waals surface area (Å²) in [7, 11) is -0.543. The molecule has 11 nitrogen and oxygen atoms in total. The van der Waals surface area contributed by atoms with E-state index in [2.05, 4.69) is 59.3 Å². The summed E-state index contributed by atoms with van der Waals surface area (Å²) in [5.74, 6) is -0.115. The van der Waals surface area contributed by atoms with Crippen LogP contribution in [0.15, 0.2) is 59.1 Å². The van der Waals surface area contributed by atoms with Crippen LogP contribution in [0.5, 0.6) is 11.6 Å². The molecule has 2 aliphatic heterocycles. The van der Waals surface area contributed by atoms with Gasteiger partial charge in [-0.15, -0.1) is 9.46 Å². The zero-order chi connectivity index (χ0) is 38.0. The number of alkyl halides is 1. The first-order valence-electron chi connectivity index (χ1n) is 18.8. The SMILES string of the molecule is COc1nn(C)cc1C(=O)NS1(=O)=NC(=O)c2ccc3c(c2)N(C[C@@H]2CC[C@H]2[C@@H](OCCCBr)/C=C/C[C@H](C)C1)C[C@@]1(CCCc2cc(Cl)ccc21)CO3. The van der Waals surface area contributed by atoms with Crippen molar-refractivity contribution in [3.63, 3.8) is 0 Å². The number of aryl methyl sites for hydroxylation is 2. The van der Waals surface area contributed by atoms with Gasteiger partial charge in [0, 0.05) is 54.3 Å². The minimum absolute atomic E-state index is 0.0370. The van der Waals surface area contributed by atoms with Gasteiger partial charge in [0.1, 0.15) is 21.2 Å². The Balaban J connectivity index is 1.30. The first-order valence-corrected chi connectivity index (χ1v) is 22.0. The lowest BCUT2D eigenvalue weighted by atomic mass is 9.68. The summed E-state index contributed by atoms with van der Waals surface area (Å²) in [5, 5.41) is 5.76. The van der Waals surface area contributed by atoms with Gasteiger partial charge in [-0.3, -0.25) is 19.0 Å². The van der Waals surface area contributed by atoms with Gasteiger partial charge in [-0.1, -0.05) is 52.7 Å². The number of benzene rings is 2. The van der Waals surface area contributed by atoms with Crippen molar-refractivity contribution in [1.82, 2.24) is 14.5 Å². The van der Waals surface area contributed by atoms with Crippen molar-refractivity contribution >= 4 is 54.9 Å². The van der Waals surface area contributed by atoms with Gasteiger partial charge in [0.05, 0.1) is 31.3 Å². The standard InChI is InChI=1S/C40H49BrClN5O6S/c1-26-7-4-9-35(52-18-6-17-41)31-13-10-29(31)21-47-24-40(16-5-8-27-19-30(42)12-14-33(27)40)25-53-36-15-11-28(20-34(36)47)37(48)44-54(50,23-26)45-38(49)32-22-46(2)43-39(32)51-3/h4,9,11-12,14-15,19-20,22,26,29,31,35H,5-8,10,13,16-18,21,23-25H2,1-3H3,(H,44,45,48,49,50)/b9-4+/t26-,29-,31+,35-,40-,54?/m0/s1. The number of hydrogen-bond donors (Lipinski definition) is 1. The Morgan fingerprint density at radius 1 is 1.22 bits per heavy atom. The Kier molecular flexibility index (Phi) is 11.8. The maximum absolute atomic E-state index is 14.7. The van der Waals surface area contributed by atoms with Crippen molar-refractivity contribution in [3.8, 4) is 11.6 Å². The Hall–Kier alpha value is -3.39. The van der Waals surface area contributed by atoms with Crippen LogP contribution in [0.3, 0.4) is 0 Å². The van der Waals surface area contributed by atoms with Crippen molar-refractivity contribution in [3.05, 3.63) is 82.0 Å². The second-order valence-corrected chi connectivity index (χ2v) is 18.5. The zero-order valence-corrected chi connectivity index (χ0v) is 34.3. The molecule has 2 aliphatic carbocycles. The van der Waals surface area contributed by atoms with Crippen molar-refractivity contribution in [1.29, 1.82) is 0 Å². The average Bonchev–Trinajstić information content (AvgIpc) is 3.44. The van der Waals surface area contributed by atoms with E-state index in [0.29, 0.717) is 43.8 Å². The molecular weight excluding hydrogens is 794 g/mol. The summed E-state index contributed by atoms with van der Waals surface area (Å²) < 4.78 is 41.6. The maximum atomic E-state index is 14.7. The lowest BCUT2D eigenvalue weighted by Crippen LogP contribution is -2.49. The molecule has 1 spiro atoms. The highest BCUT2D eigenvalue weighted by atomic mass is 79.9. The van der Waals surface area contributed by atoms with Crippen LogP contribution in [0.1, 0.15) is 77.3 Å². The summed E-state index contributed by atoms with van der Waals surface area (Å²) in [6, 6.07) is 11.6. The van der Waals surface area contributed by atoms with E-state index in [9.17, 15) is 13.8 Å².